The van der Waals surface area contributed by atoms with E-state index in [9.17, 15) is 13.6 Å². The maximum absolute atomic E-state index is 13.3. The normalized spacial score (nSPS) is 18.5. The molecule has 3 nitrogen and oxygen atoms in total. The van der Waals surface area contributed by atoms with Crippen LogP contribution in [0.4, 0.5) is 8.78 Å². The van der Waals surface area contributed by atoms with Crippen molar-refractivity contribution in [2.24, 2.45) is 5.73 Å². The van der Waals surface area contributed by atoms with Crippen LogP contribution in [0.1, 0.15) is 50.6 Å². The Labute approximate surface area is 124 Å². The highest BCUT2D eigenvalue weighted by Gasteiger charge is 2.33. The third-order valence-corrected chi connectivity index (χ3v) is 4.50. The molecule has 0 bridgehead atoms. The van der Waals surface area contributed by atoms with Gasteiger partial charge in [0.1, 0.15) is 0 Å². The Morgan fingerprint density at radius 1 is 1.33 bits per heavy atom. The van der Waals surface area contributed by atoms with Gasteiger partial charge in [-0.25, -0.2) is 8.78 Å². The molecule has 2 rings (SSSR count). The second-order valence-electron chi connectivity index (χ2n) is 6.10. The average molecular weight is 296 g/mol. The summed E-state index contributed by atoms with van der Waals surface area (Å²) in [4.78, 5) is 13.9. The molecule has 0 aromatic heterocycles. The van der Waals surface area contributed by atoms with E-state index in [2.05, 4.69) is 0 Å². The van der Waals surface area contributed by atoms with Gasteiger partial charge in [-0.3, -0.25) is 4.79 Å². The average Bonchev–Trinajstić information content (AvgIpc) is 2.86. The van der Waals surface area contributed by atoms with Gasteiger partial charge in [0, 0.05) is 19.0 Å². The third kappa shape index (κ3) is 3.59. The Kier molecular flexibility index (Phi) is 4.61. The number of nitrogens with zero attached hydrogens (tertiary/aromatic N) is 1. The molecule has 2 N–H and O–H groups in total. The number of carbonyl (C=O) groups is 1. The molecule has 1 fully saturated rings. The van der Waals surface area contributed by atoms with E-state index in [1.807, 2.05) is 0 Å². The number of carbonyl (C=O) groups excluding carboxylic acids is 1. The smallest absolute Gasteiger partial charge is 0.224 e. The maximum atomic E-state index is 13.3. The summed E-state index contributed by atoms with van der Waals surface area (Å²) in [6.45, 7) is 1.79. The second-order valence-corrected chi connectivity index (χ2v) is 6.10. The molecule has 0 heterocycles. The van der Waals surface area contributed by atoms with Crippen LogP contribution in [0.15, 0.2) is 18.2 Å². The molecule has 1 aromatic carbocycles. The van der Waals surface area contributed by atoms with Crippen LogP contribution >= 0.6 is 0 Å². The lowest BCUT2D eigenvalue weighted by molar-refractivity contribution is -0.133. The number of hydrogen-bond donors (Lipinski definition) is 1. The summed E-state index contributed by atoms with van der Waals surface area (Å²) in [5.41, 5.74) is 6.39. The topological polar surface area (TPSA) is 46.3 Å². The van der Waals surface area contributed by atoms with Crippen molar-refractivity contribution < 1.29 is 13.6 Å². The number of hydrogen-bond acceptors (Lipinski definition) is 2. The number of halogens is 2. The highest BCUT2D eigenvalue weighted by Crippen LogP contribution is 2.31. The molecule has 1 aliphatic carbocycles. The zero-order valence-electron chi connectivity index (χ0n) is 12.5. The standard InChI is InChI=1S/C16H22F2N2O/c1-11(12-5-6-13(17)14(18)9-12)20(2)15(21)10-16(19)7-3-4-8-16/h5-6,9,11H,3-4,7-8,10,19H2,1-2H3. The van der Waals surface area contributed by atoms with E-state index < -0.39 is 17.2 Å². The van der Waals surface area contributed by atoms with E-state index in [1.54, 1.807) is 18.9 Å². The minimum Gasteiger partial charge on any atom is -0.339 e. The van der Waals surface area contributed by atoms with Crippen molar-refractivity contribution in [3.8, 4) is 0 Å². The zero-order chi connectivity index (χ0) is 15.6. The Morgan fingerprint density at radius 2 is 1.95 bits per heavy atom. The second kappa shape index (κ2) is 6.10. The minimum absolute atomic E-state index is 0.0587. The van der Waals surface area contributed by atoms with Gasteiger partial charge >= 0.3 is 0 Å². The Balaban J connectivity index is 2.05. The summed E-state index contributed by atoms with van der Waals surface area (Å²) in [7, 11) is 1.67. The van der Waals surface area contributed by atoms with Gasteiger partial charge in [-0.1, -0.05) is 18.9 Å². The van der Waals surface area contributed by atoms with Crippen molar-refractivity contribution in [3.05, 3.63) is 35.4 Å². The fourth-order valence-corrected chi connectivity index (χ4v) is 2.89. The number of rotatable bonds is 4. The Bertz CT molecular complexity index is 527. The van der Waals surface area contributed by atoms with E-state index in [-0.39, 0.29) is 11.9 Å². The summed E-state index contributed by atoms with van der Waals surface area (Å²) < 4.78 is 26.3. The van der Waals surface area contributed by atoms with Gasteiger partial charge in [-0.05, 0) is 37.5 Å². The van der Waals surface area contributed by atoms with Crippen molar-refractivity contribution in [2.75, 3.05) is 7.05 Å². The van der Waals surface area contributed by atoms with E-state index in [0.29, 0.717) is 12.0 Å². The summed E-state index contributed by atoms with van der Waals surface area (Å²) >= 11 is 0. The van der Waals surface area contributed by atoms with Crippen LogP contribution in [-0.2, 0) is 4.79 Å². The van der Waals surface area contributed by atoms with E-state index in [1.165, 1.54) is 6.07 Å². The molecular weight excluding hydrogens is 274 g/mol. The molecule has 1 aromatic rings. The van der Waals surface area contributed by atoms with E-state index in [4.69, 9.17) is 5.73 Å². The predicted octanol–water partition coefficient (Wildman–Crippen LogP) is 3.15. The first-order valence-electron chi connectivity index (χ1n) is 7.32. The van der Waals surface area contributed by atoms with Gasteiger partial charge in [0.05, 0.1) is 6.04 Å². The quantitative estimate of drug-likeness (QED) is 0.927. The molecule has 0 saturated heterocycles. The van der Waals surface area contributed by atoms with Gasteiger partial charge in [0.15, 0.2) is 11.6 Å². The summed E-state index contributed by atoms with van der Waals surface area (Å²) in [5.74, 6) is -1.84. The van der Waals surface area contributed by atoms with Gasteiger partial charge < -0.3 is 10.6 Å². The molecule has 116 valence electrons. The SMILES string of the molecule is CC(c1ccc(F)c(F)c1)N(C)C(=O)CC1(N)CCCC1. The van der Waals surface area contributed by atoms with Gasteiger partial charge in [0.2, 0.25) is 5.91 Å². The zero-order valence-corrected chi connectivity index (χ0v) is 12.5. The van der Waals surface area contributed by atoms with Crippen molar-refractivity contribution in [3.63, 3.8) is 0 Å². The van der Waals surface area contributed by atoms with Crippen LogP contribution < -0.4 is 5.73 Å². The van der Waals surface area contributed by atoms with Crippen molar-refractivity contribution in [2.45, 2.75) is 50.6 Å². The fourth-order valence-electron chi connectivity index (χ4n) is 2.89. The lowest BCUT2D eigenvalue weighted by Gasteiger charge is -2.30. The predicted molar refractivity (Wildman–Crippen MR) is 77.5 cm³/mol. The van der Waals surface area contributed by atoms with Gasteiger partial charge in [-0.15, -0.1) is 0 Å². The first kappa shape index (κ1) is 15.9. The summed E-state index contributed by atoms with van der Waals surface area (Å²) in [6.07, 6.45) is 4.16. The number of nitrogens with two attached hydrogens (primary N) is 1. The molecule has 1 atom stereocenters. The maximum Gasteiger partial charge on any atom is 0.224 e. The monoisotopic (exact) mass is 296 g/mol. The molecule has 1 unspecified atom stereocenters. The molecule has 21 heavy (non-hydrogen) atoms. The lowest BCUT2D eigenvalue weighted by atomic mass is 9.93. The summed E-state index contributed by atoms with van der Waals surface area (Å²) in [6, 6.07) is 3.40. The lowest BCUT2D eigenvalue weighted by Crippen LogP contribution is -2.43. The third-order valence-electron chi connectivity index (χ3n) is 4.50. The van der Waals surface area contributed by atoms with Crippen LogP contribution in [0.3, 0.4) is 0 Å². The highest BCUT2D eigenvalue weighted by atomic mass is 19.2. The van der Waals surface area contributed by atoms with Gasteiger partial charge in [-0.2, -0.15) is 0 Å². The molecule has 0 aliphatic heterocycles. The Morgan fingerprint density at radius 3 is 2.52 bits per heavy atom. The molecule has 0 radical (unpaired) electrons. The van der Waals surface area contributed by atoms with Crippen molar-refractivity contribution >= 4 is 5.91 Å². The van der Waals surface area contributed by atoms with Gasteiger partial charge in [0.25, 0.3) is 0 Å². The molecular formula is C16H22F2N2O. The van der Waals surface area contributed by atoms with Crippen LogP contribution in [0, 0.1) is 11.6 Å². The fraction of sp³-hybridized carbons (Fsp3) is 0.562. The molecule has 1 amide bonds. The Hall–Kier alpha value is -1.49. The first-order chi connectivity index (χ1) is 9.82. The first-order valence-corrected chi connectivity index (χ1v) is 7.32. The van der Waals surface area contributed by atoms with Crippen LogP contribution in [0.2, 0.25) is 0 Å². The number of benzene rings is 1. The van der Waals surface area contributed by atoms with Crippen LogP contribution in [0.25, 0.3) is 0 Å². The molecule has 1 saturated carbocycles. The molecule has 5 heteroatoms. The van der Waals surface area contributed by atoms with Crippen LogP contribution in [-0.4, -0.2) is 23.4 Å². The van der Waals surface area contributed by atoms with E-state index in [0.717, 1.165) is 37.8 Å². The molecule has 0 spiro atoms. The molecule has 1 aliphatic rings. The highest BCUT2D eigenvalue weighted by molar-refractivity contribution is 5.77. The van der Waals surface area contributed by atoms with Crippen molar-refractivity contribution in [1.82, 2.24) is 4.90 Å². The van der Waals surface area contributed by atoms with Crippen molar-refractivity contribution in [1.29, 1.82) is 0 Å². The van der Waals surface area contributed by atoms with E-state index >= 15 is 0 Å². The largest absolute Gasteiger partial charge is 0.339 e. The summed E-state index contributed by atoms with van der Waals surface area (Å²) in [5, 5.41) is 0. The minimum atomic E-state index is -0.897. The van der Waals surface area contributed by atoms with Crippen LogP contribution in [0.5, 0.6) is 0 Å². The number of amides is 1.